The van der Waals surface area contributed by atoms with Crippen LogP contribution >= 0.6 is 11.3 Å². The SMILES string of the molecule is Cc1c(OCCC2CC3CCC(C2)N3CC(=O)Nc2ccc3c(C4CCC(=O)NC4=O)nn(C)c3c2)cccc1-c1ccc(N2CCc3cccc(C(=O)Nc4nc5ccccc5s4)c3C2)nc1C(=O)O. The Labute approximate surface area is 413 Å². The predicted molar refractivity (Wildman–Crippen MR) is 271 cm³/mol. The standard InChI is InChI=1S/C54H53N9O7S/c1-30-36(37-17-19-46(57-50(37)53(68)69)62-23-21-32-7-5-9-38(41(32)28-62)51(66)59-54-56-42-10-3-4-12-45(42)71-54)8-6-11-44(30)70-24-22-31-25-34-14-15-35(26-31)63(34)29-48(65)55-33-13-16-39-43(27-33)61(2)60-49(39)40-18-20-47(64)58-52(40)67/h3-13,16-17,19,27,31,34-35,40H,14-15,18,20-26,28-29H2,1-2H3,(H,55,65)(H,68,69)(H,56,59,66)(H,58,64,67). The van der Waals surface area contributed by atoms with Gasteiger partial charge in [0.1, 0.15) is 11.6 Å². The van der Waals surface area contributed by atoms with E-state index in [9.17, 15) is 29.1 Å². The summed E-state index contributed by atoms with van der Waals surface area (Å²) in [6.07, 6.45) is 6.29. The van der Waals surface area contributed by atoms with Gasteiger partial charge < -0.3 is 20.1 Å². The summed E-state index contributed by atoms with van der Waals surface area (Å²) in [6.45, 7) is 3.77. The number of aromatic carboxylic acids is 1. The first-order chi connectivity index (χ1) is 34.4. The molecular weight excluding hydrogens is 919 g/mol. The number of anilines is 3. The Bertz CT molecular complexity index is 3250. The summed E-state index contributed by atoms with van der Waals surface area (Å²) in [4.78, 5) is 78.0. The molecule has 7 aromatic rings. The minimum absolute atomic E-state index is 0.0542. The Morgan fingerprint density at radius 1 is 0.887 bits per heavy atom. The maximum Gasteiger partial charge on any atom is 0.355 e. The number of benzene rings is 4. The van der Waals surface area contributed by atoms with E-state index in [1.54, 1.807) is 4.68 Å². The summed E-state index contributed by atoms with van der Waals surface area (Å²) in [5.74, 6) is -0.875. The van der Waals surface area contributed by atoms with Crippen LogP contribution in [0.3, 0.4) is 0 Å². The number of hydrogen-bond acceptors (Lipinski definition) is 12. The number of ether oxygens (including phenoxy) is 1. The van der Waals surface area contributed by atoms with Crippen molar-refractivity contribution in [1.29, 1.82) is 0 Å². The number of rotatable bonds is 13. The van der Waals surface area contributed by atoms with Crippen LogP contribution in [0.1, 0.15) is 94.1 Å². The van der Waals surface area contributed by atoms with Crippen molar-refractivity contribution in [3.63, 3.8) is 0 Å². The zero-order valence-corrected chi connectivity index (χ0v) is 40.3. The third-order valence-corrected chi connectivity index (χ3v) is 15.8. The smallest absolute Gasteiger partial charge is 0.355 e. The van der Waals surface area contributed by atoms with E-state index in [0.29, 0.717) is 96.3 Å². The Balaban J connectivity index is 0.703. The van der Waals surface area contributed by atoms with Crippen molar-refractivity contribution in [2.45, 2.75) is 82.8 Å². The Kier molecular flexibility index (Phi) is 12.3. The molecule has 17 heteroatoms. The van der Waals surface area contributed by atoms with E-state index < -0.39 is 11.9 Å². The zero-order valence-electron chi connectivity index (χ0n) is 39.4. The number of pyridine rings is 1. The van der Waals surface area contributed by atoms with Crippen LogP contribution < -0.4 is 25.6 Å². The zero-order chi connectivity index (χ0) is 48.9. The molecule has 3 aromatic heterocycles. The molecule has 362 valence electrons. The minimum Gasteiger partial charge on any atom is -0.493 e. The first kappa shape index (κ1) is 45.9. The third-order valence-electron chi connectivity index (χ3n) is 14.8. The van der Waals surface area contributed by atoms with Gasteiger partial charge in [0.2, 0.25) is 17.7 Å². The maximum atomic E-state index is 13.7. The number of carboxylic acids is 1. The van der Waals surface area contributed by atoms with E-state index in [0.717, 1.165) is 75.5 Å². The van der Waals surface area contributed by atoms with E-state index in [1.807, 2.05) is 110 Å². The van der Waals surface area contributed by atoms with E-state index in [-0.39, 0.29) is 35.7 Å². The quantitative estimate of drug-likeness (QED) is 0.0808. The van der Waals surface area contributed by atoms with Crippen LogP contribution in [0.2, 0.25) is 0 Å². The summed E-state index contributed by atoms with van der Waals surface area (Å²) >= 11 is 1.43. The molecule has 7 heterocycles. The Hall–Kier alpha value is -7.50. The summed E-state index contributed by atoms with van der Waals surface area (Å²) < 4.78 is 9.14. The highest BCUT2D eigenvalue weighted by Gasteiger charge is 2.41. The van der Waals surface area contributed by atoms with Crippen LogP contribution in [-0.2, 0) is 34.4 Å². The predicted octanol–water partition coefficient (Wildman–Crippen LogP) is 8.24. The molecule has 11 rings (SSSR count). The molecule has 4 aromatic carbocycles. The minimum atomic E-state index is -1.13. The average molecular weight is 972 g/mol. The lowest BCUT2D eigenvalue weighted by molar-refractivity contribution is -0.134. The number of aromatic nitrogens is 4. The van der Waals surface area contributed by atoms with Crippen molar-refractivity contribution in [3.05, 3.63) is 125 Å². The number of carbonyl (C=O) groups excluding carboxylic acids is 4. The Morgan fingerprint density at radius 2 is 1.70 bits per heavy atom. The number of carboxylic acid groups (broad SMARTS) is 1. The van der Waals surface area contributed by atoms with Crippen LogP contribution in [0.25, 0.3) is 32.2 Å². The van der Waals surface area contributed by atoms with Gasteiger partial charge in [-0.2, -0.15) is 5.10 Å². The van der Waals surface area contributed by atoms with Crippen molar-refractivity contribution in [2.75, 3.05) is 35.2 Å². The third kappa shape index (κ3) is 9.11. The van der Waals surface area contributed by atoms with Gasteiger partial charge >= 0.3 is 5.97 Å². The topological polar surface area (TPSA) is 201 Å². The molecule has 2 bridgehead atoms. The fourth-order valence-corrected chi connectivity index (χ4v) is 12.2. The van der Waals surface area contributed by atoms with Crippen LogP contribution in [-0.4, -0.2) is 91.1 Å². The lowest BCUT2D eigenvalue weighted by Gasteiger charge is -2.38. The molecule has 71 heavy (non-hydrogen) atoms. The summed E-state index contributed by atoms with van der Waals surface area (Å²) in [5, 5.41) is 25.0. The normalized spacial score (nSPS) is 19.9. The first-order valence-corrected chi connectivity index (χ1v) is 25.1. The number of fused-ring (bicyclic) bond motifs is 5. The van der Waals surface area contributed by atoms with Gasteiger partial charge in [-0.15, -0.1) is 0 Å². The molecule has 0 saturated carbocycles. The number of carbonyl (C=O) groups is 5. The summed E-state index contributed by atoms with van der Waals surface area (Å²) in [6, 6.07) is 29.1. The number of nitrogens with zero attached hydrogens (tertiary/aromatic N) is 6. The number of amides is 4. The van der Waals surface area contributed by atoms with Crippen molar-refractivity contribution >= 4 is 78.7 Å². The van der Waals surface area contributed by atoms with Gasteiger partial charge in [-0.05, 0) is 135 Å². The lowest BCUT2D eigenvalue weighted by atomic mass is 9.88. The fraction of sp³-hybridized carbons (Fsp3) is 0.333. The Morgan fingerprint density at radius 3 is 2.51 bits per heavy atom. The number of piperidine rings is 2. The molecule has 3 saturated heterocycles. The van der Waals surface area contributed by atoms with Gasteiger partial charge in [-0.25, -0.2) is 14.8 Å². The van der Waals surface area contributed by atoms with Crippen LogP contribution in [0.15, 0.2) is 91.0 Å². The van der Waals surface area contributed by atoms with Crippen molar-refractivity contribution in [2.24, 2.45) is 13.0 Å². The molecule has 4 N–H and O–H groups in total. The van der Waals surface area contributed by atoms with Gasteiger partial charge in [0.25, 0.3) is 5.91 Å². The number of nitrogens with one attached hydrogen (secondary N) is 3. The highest BCUT2D eigenvalue weighted by Crippen LogP contribution is 2.41. The highest BCUT2D eigenvalue weighted by atomic mass is 32.1. The second-order valence-corrected chi connectivity index (χ2v) is 20.2. The molecule has 4 aliphatic heterocycles. The van der Waals surface area contributed by atoms with E-state index in [4.69, 9.17) is 9.72 Å². The van der Waals surface area contributed by atoms with Gasteiger partial charge in [0.05, 0.1) is 40.5 Å². The van der Waals surface area contributed by atoms with E-state index in [1.165, 1.54) is 11.3 Å². The molecule has 0 aliphatic carbocycles. The van der Waals surface area contributed by atoms with Gasteiger partial charge in [-0.3, -0.25) is 39.4 Å². The van der Waals surface area contributed by atoms with Crippen molar-refractivity contribution in [3.8, 4) is 16.9 Å². The van der Waals surface area contributed by atoms with Crippen molar-refractivity contribution < 1.29 is 33.8 Å². The molecular formula is C54H53N9O7S. The largest absolute Gasteiger partial charge is 0.493 e. The van der Waals surface area contributed by atoms with Gasteiger partial charge in [0, 0.05) is 60.8 Å². The van der Waals surface area contributed by atoms with Gasteiger partial charge in [-0.1, -0.05) is 47.7 Å². The van der Waals surface area contributed by atoms with Crippen molar-refractivity contribution in [1.82, 2.24) is 30.0 Å². The maximum absolute atomic E-state index is 13.7. The monoisotopic (exact) mass is 971 g/mol. The van der Waals surface area contributed by atoms with E-state index >= 15 is 0 Å². The summed E-state index contributed by atoms with van der Waals surface area (Å²) in [5.41, 5.74) is 7.44. The first-order valence-electron chi connectivity index (χ1n) is 24.3. The number of para-hydroxylation sites is 1. The van der Waals surface area contributed by atoms with Crippen LogP contribution in [0, 0.1) is 12.8 Å². The molecule has 4 aliphatic rings. The van der Waals surface area contributed by atoms with Gasteiger partial charge in [0.15, 0.2) is 10.8 Å². The number of hydrogen-bond donors (Lipinski definition) is 4. The molecule has 4 amide bonds. The van der Waals surface area contributed by atoms with Crippen LogP contribution in [0.5, 0.6) is 5.75 Å². The fourth-order valence-electron chi connectivity index (χ4n) is 11.3. The second-order valence-electron chi connectivity index (χ2n) is 19.2. The number of thiazole rings is 1. The van der Waals surface area contributed by atoms with E-state index in [2.05, 4.69) is 30.9 Å². The lowest BCUT2D eigenvalue weighted by Crippen LogP contribution is -2.46. The second kappa shape index (κ2) is 19.0. The number of imide groups is 1. The van der Waals surface area contributed by atoms with Crippen LogP contribution in [0.4, 0.5) is 16.6 Å². The average Bonchev–Trinajstić information content (AvgIpc) is 3.99. The highest BCUT2D eigenvalue weighted by molar-refractivity contribution is 7.22. The number of aryl methyl sites for hydroxylation is 1. The molecule has 3 unspecified atom stereocenters. The molecule has 0 radical (unpaired) electrons. The summed E-state index contributed by atoms with van der Waals surface area (Å²) in [7, 11) is 1.81. The molecule has 0 spiro atoms. The molecule has 3 fully saturated rings. The molecule has 16 nitrogen and oxygen atoms in total. The molecule has 3 atom stereocenters.